The number of rotatable bonds is 8. The lowest BCUT2D eigenvalue weighted by atomic mass is 10.1. The average Bonchev–Trinajstić information content (AvgIpc) is 2.34. The van der Waals surface area contributed by atoms with Gasteiger partial charge in [-0.3, -0.25) is 14.4 Å². The lowest BCUT2D eigenvalue weighted by molar-refractivity contribution is -0.141. The second-order valence-corrected chi connectivity index (χ2v) is 3.83. The molecule has 0 rings (SSSR count). The van der Waals surface area contributed by atoms with Crippen LogP contribution in [0.4, 0.5) is 0 Å². The van der Waals surface area contributed by atoms with Gasteiger partial charge in [0.05, 0.1) is 7.11 Å². The average molecular weight is 259 g/mol. The van der Waals surface area contributed by atoms with E-state index < -0.39 is 17.9 Å². The van der Waals surface area contributed by atoms with Gasteiger partial charge in [-0.25, -0.2) is 0 Å². The van der Waals surface area contributed by atoms with E-state index in [1.165, 1.54) is 14.0 Å². The van der Waals surface area contributed by atoms with Crippen LogP contribution in [-0.2, 0) is 19.1 Å². The number of carbonyl (C=O) groups is 3. The highest BCUT2D eigenvalue weighted by Gasteiger charge is 2.19. The fourth-order valence-electron chi connectivity index (χ4n) is 1.36. The normalized spacial score (nSPS) is 11.5. The van der Waals surface area contributed by atoms with Gasteiger partial charge >= 0.3 is 5.97 Å². The highest BCUT2D eigenvalue weighted by molar-refractivity contribution is 5.88. The van der Waals surface area contributed by atoms with Crippen LogP contribution in [0.25, 0.3) is 0 Å². The van der Waals surface area contributed by atoms with Gasteiger partial charge in [-0.15, -0.1) is 0 Å². The van der Waals surface area contributed by atoms with Crippen LogP contribution in [0.2, 0.25) is 0 Å². The maximum atomic E-state index is 11.7. The van der Waals surface area contributed by atoms with Crippen LogP contribution in [0.5, 0.6) is 0 Å². The summed E-state index contributed by atoms with van der Waals surface area (Å²) in [4.78, 5) is 33.6. The van der Waals surface area contributed by atoms with Gasteiger partial charge < -0.3 is 21.1 Å². The number of ether oxygens (including phenoxy) is 1. The SMILES string of the molecule is COC(=O)CNC(=O)[C@H](CCCCN)NC(C)=O. The van der Waals surface area contributed by atoms with Crippen molar-refractivity contribution < 1.29 is 19.1 Å². The van der Waals surface area contributed by atoms with Crippen LogP contribution in [0.3, 0.4) is 0 Å². The largest absolute Gasteiger partial charge is 0.468 e. The molecule has 7 heteroatoms. The predicted molar refractivity (Wildman–Crippen MR) is 65.5 cm³/mol. The smallest absolute Gasteiger partial charge is 0.325 e. The van der Waals surface area contributed by atoms with E-state index in [0.717, 1.165) is 12.8 Å². The van der Waals surface area contributed by atoms with E-state index in [1.54, 1.807) is 0 Å². The van der Waals surface area contributed by atoms with Crippen molar-refractivity contribution in [2.45, 2.75) is 32.2 Å². The first-order valence-corrected chi connectivity index (χ1v) is 5.83. The summed E-state index contributed by atoms with van der Waals surface area (Å²) in [7, 11) is 1.24. The molecular weight excluding hydrogens is 238 g/mol. The summed E-state index contributed by atoms with van der Waals surface area (Å²) in [5, 5.41) is 4.94. The maximum Gasteiger partial charge on any atom is 0.325 e. The monoisotopic (exact) mass is 259 g/mol. The summed E-state index contributed by atoms with van der Waals surface area (Å²) in [6.07, 6.45) is 2.00. The van der Waals surface area contributed by atoms with Crippen LogP contribution >= 0.6 is 0 Å². The molecule has 0 aliphatic carbocycles. The number of nitrogens with one attached hydrogen (secondary N) is 2. The molecule has 18 heavy (non-hydrogen) atoms. The van der Waals surface area contributed by atoms with Crippen molar-refractivity contribution in [2.24, 2.45) is 5.73 Å². The maximum absolute atomic E-state index is 11.7. The molecule has 7 nitrogen and oxygen atoms in total. The molecule has 2 amide bonds. The summed E-state index contributed by atoms with van der Waals surface area (Å²) in [5.74, 6) is -1.22. The molecule has 0 unspecified atom stereocenters. The molecule has 0 aliphatic heterocycles. The topological polar surface area (TPSA) is 111 Å². The molecular formula is C11H21N3O4. The minimum absolute atomic E-state index is 0.206. The lowest BCUT2D eigenvalue weighted by Crippen LogP contribution is -2.47. The van der Waals surface area contributed by atoms with Crippen molar-refractivity contribution in [2.75, 3.05) is 20.2 Å². The van der Waals surface area contributed by atoms with E-state index in [1.807, 2.05) is 0 Å². The molecule has 0 aromatic heterocycles. The van der Waals surface area contributed by atoms with Crippen molar-refractivity contribution in [1.29, 1.82) is 0 Å². The third-order valence-corrected chi connectivity index (χ3v) is 2.28. The summed E-state index contributed by atoms with van der Waals surface area (Å²) in [6.45, 7) is 1.67. The first-order chi connectivity index (χ1) is 8.51. The van der Waals surface area contributed by atoms with E-state index >= 15 is 0 Å². The van der Waals surface area contributed by atoms with Crippen molar-refractivity contribution in [1.82, 2.24) is 10.6 Å². The molecule has 0 saturated heterocycles. The van der Waals surface area contributed by atoms with Crippen molar-refractivity contribution in [3.8, 4) is 0 Å². The number of esters is 1. The first-order valence-electron chi connectivity index (χ1n) is 5.83. The van der Waals surface area contributed by atoms with Gasteiger partial charge in [0.15, 0.2) is 0 Å². The van der Waals surface area contributed by atoms with Crippen LogP contribution in [0.1, 0.15) is 26.2 Å². The molecule has 1 atom stereocenters. The number of unbranched alkanes of at least 4 members (excludes halogenated alkanes) is 1. The number of hydrogen-bond donors (Lipinski definition) is 3. The Labute approximate surface area is 106 Å². The van der Waals surface area contributed by atoms with Gasteiger partial charge in [0, 0.05) is 6.92 Å². The predicted octanol–water partition coefficient (Wildman–Crippen LogP) is -1.09. The number of hydrogen-bond acceptors (Lipinski definition) is 5. The summed E-state index contributed by atoms with van der Waals surface area (Å²) in [6, 6.07) is -0.640. The Bertz CT molecular complexity index is 294. The van der Waals surface area contributed by atoms with Gasteiger partial charge in [-0.2, -0.15) is 0 Å². The van der Waals surface area contributed by atoms with E-state index in [9.17, 15) is 14.4 Å². The number of nitrogens with two attached hydrogens (primary N) is 1. The second kappa shape index (κ2) is 9.41. The molecule has 0 saturated carbocycles. The van der Waals surface area contributed by atoms with Gasteiger partial charge in [0.2, 0.25) is 11.8 Å². The van der Waals surface area contributed by atoms with E-state index in [0.29, 0.717) is 13.0 Å². The third-order valence-electron chi connectivity index (χ3n) is 2.28. The Morgan fingerprint density at radius 3 is 2.44 bits per heavy atom. The van der Waals surface area contributed by atoms with Crippen molar-refractivity contribution in [3.63, 3.8) is 0 Å². The summed E-state index contributed by atoms with van der Waals surface area (Å²) >= 11 is 0. The molecule has 0 radical (unpaired) electrons. The molecule has 0 fully saturated rings. The molecule has 104 valence electrons. The third kappa shape index (κ3) is 7.61. The van der Waals surface area contributed by atoms with E-state index in [-0.39, 0.29) is 12.5 Å². The molecule has 0 aromatic rings. The number of carbonyl (C=O) groups excluding carboxylic acids is 3. The molecule has 0 bridgehead atoms. The van der Waals surface area contributed by atoms with Crippen LogP contribution in [0.15, 0.2) is 0 Å². The lowest BCUT2D eigenvalue weighted by Gasteiger charge is -2.17. The number of amides is 2. The Morgan fingerprint density at radius 2 is 1.94 bits per heavy atom. The molecule has 4 N–H and O–H groups in total. The first kappa shape index (κ1) is 16.4. The van der Waals surface area contributed by atoms with Crippen LogP contribution in [0, 0.1) is 0 Å². The molecule has 0 aromatic carbocycles. The Balaban J connectivity index is 4.21. The highest BCUT2D eigenvalue weighted by Crippen LogP contribution is 2.00. The highest BCUT2D eigenvalue weighted by atomic mass is 16.5. The fraction of sp³-hybridized carbons (Fsp3) is 0.727. The molecule has 0 spiro atoms. The van der Waals surface area contributed by atoms with E-state index in [2.05, 4.69) is 15.4 Å². The zero-order chi connectivity index (χ0) is 14.0. The molecule has 0 aliphatic rings. The fourth-order valence-corrected chi connectivity index (χ4v) is 1.36. The minimum Gasteiger partial charge on any atom is -0.468 e. The Morgan fingerprint density at radius 1 is 1.28 bits per heavy atom. The van der Waals surface area contributed by atoms with Crippen molar-refractivity contribution >= 4 is 17.8 Å². The van der Waals surface area contributed by atoms with Gasteiger partial charge in [-0.05, 0) is 25.8 Å². The van der Waals surface area contributed by atoms with Crippen LogP contribution < -0.4 is 16.4 Å². The van der Waals surface area contributed by atoms with Gasteiger partial charge in [-0.1, -0.05) is 0 Å². The second-order valence-electron chi connectivity index (χ2n) is 3.83. The van der Waals surface area contributed by atoms with Crippen molar-refractivity contribution in [3.05, 3.63) is 0 Å². The summed E-state index contributed by atoms with van der Waals surface area (Å²) in [5.41, 5.74) is 5.36. The van der Waals surface area contributed by atoms with Crippen LogP contribution in [-0.4, -0.2) is 44.0 Å². The van der Waals surface area contributed by atoms with Gasteiger partial charge in [0.1, 0.15) is 12.6 Å². The zero-order valence-electron chi connectivity index (χ0n) is 10.8. The quantitative estimate of drug-likeness (QED) is 0.379. The van der Waals surface area contributed by atoms with E-state index in [4.69, 9.17) is 5.73 Å². The standard InChI is InChI=1S/C11H21N3O4/c1-8(15)14-9(5-3-4-6-12)11(17)13-7-10(16)18-2/h9H,3-7,12H2,1-2H3,(H,13,17)(H,14,15)/t9-/m0/s1. The Kier molecular flexibility index (Phi) is 8.55. The molecule has 0 heterocycles. The van der Waals surface area contributed by atoms with Gasteiger partial charge in [0.25, 0.3) is 0 Å². The zero-order valence-corrected chi connectivity index (χ0v) is 10.8. The Hall–Kier alpha value is -1.63. The minimum atomic E-state index is -0.640. The summed E-state index contributed by atoms with van der Waals surface area (Å²) < 4.78 is 4.40. The number of methoxy groups -OCH3 is 1.